The maximum absolute atomic E-state index is 14.0. The molecule has 1 aromatic heterocycles. The van der Waals surface area contributed by atoms with Gasteiger partial charge >= 0.3 is 0 Å². The SMILES string of the molecule is Cc1ccc(C(=O)Nc2ccc3oc(-c4ccccc4F)cc(=O)c3c2)cc1. The molecule has 0 bridgehead atoms. The second-order valence-electron chi connectivity index (χ2n) is 6.49. The summed E-state index contributed by atoms with van der Waals surface area (Å²) in [7, 11) is 0. The molecule has 1 heterocycles. The van der Waals surface area contributed by atoms with Crippen LogP contribution in [-0.2, 0) is 0 Å². The maximum Gasteiger partial charge on any atom is 0.255 e. The van der Waals surface area contributed by atoms with Crippen LogP contribution in [0, 0.1) is 12.7 Å². The molecule has 0 spiro atoms. The number of aryl methyl sites for hydroxylation is 1. The summed E-state index contributed by atoms with van der Waals surface area (Å²) < 4.78 is 19.7. The molecule has 0 saturated heterocycles. The van der Waals surface area contributed by atoms with Crippen molar-refractivity contribution in [2.45, 2.75) is 6.92 Å². The number of nitrogens with one attached hydrogen (secondary N) is 1. The fourth-order valence-corrected chi connectivity index (χ4v) is 2.94. The van der Waals surface area contributed by atoms with Gasteiger partial charge in [0.05, 0.1) is 10.9 Å². The highest BCUT2D eigenvalue weighted by atomic mass is 19.1. The first kappa shape index (κ1) is 17.7. The number of benzene rings is 3. The highest BCUT2D eigenvalue weighted by molar-refractivity contribution is 6.05. The lowest BCUT2D eigenvalue weighted by Gasteiger charge is -2.08. The van der Waals surface area contributed by atoms with Crippen molar-refractivity contribution in [2.24, 2.45) is 0 Å². The summed E-state index contributed by atoms with van der Waals surface area (Å²) in [6.45, 7) is 1.94. The third kappa shape index (κ3) is 3.42. The van der Waals surface area contributed by atoms with E-state index in [1.54, 1.807) is 48.5 Å². The first-order valence-electron chi connectivity index (χ1n) is 8.72. The second-order valence-corrected chi connectivity index (χ2v) is 6.49. The van der Waals surface area contributed by atoms with Crippen molar-refractivity contribution in [3.05, 3.63) is 100.0 Å². The van der Waals surface area contributed by atoms with Crippen molar-refractivity contribution >= 4 is 22.6 Å². The van der Waals surface area contributed by atoms with Crippen LogP contribution in [0.3, 0.4) is 0 Å². The van der Waals surface area contributed by atoms with Gasteiger partial charge in [0.15, 0.2) is 5.43 Å². The zero-order chi connectivity index (χ0) is 19.7. The van der Waals surface area contributed by atoms with E-state index in [1.807, 2.05) is 19.1 Å². The monoisotopic (exact) mass is 373 g/mol. The molecule has 138 valence electrons. The molecule has 0 aliphatic heterocycles. The molecule has 4 rings (SSSR count). The topological polar surface area (TPSA) is 59.3 Å². The zero-order valence-electron chi connectivity index (χ0n) is 15.0. The van der Waals surface area contributed by atoms with Gasteiger partial charge in [0, 0.05) is 17.3 Å². The van der Waals surface area contributed by atoms with Gasteiger partial charge in [-0.2, -0.15) is 0 Å². The number of carbonyl (C=O) groups is 1. The molecular weight excluding hydrogens is 357 g/mol. The number of carbonyl (C=O) groups excluding carboxylic acids is 1. The molecule has 5 heteroatoms. The van der Waals surface area contributed by atoms with E-state index < -0.39 is 5.82 Å². The average molecular weight is 373 g/mol. The summed E-state index contributed by atoms with van der Waals surface area (Å²) in [5, 5.41) is 3.08. The second kappa shape index (κ2) is 7.12. The molecule has 0 radical (unpaired) electrons. The Morgan fingerprint density at radius 3 is 2.46 bits per heavy atom. The average Bonchev–Trinajstić information content (AvgIpc) is 2.69. The third-order valence-corrected chi connectivity index (χ3v) is 4.44. The van der Waals surface area contributed by atoms with E-state index in [9.17, 15) is 14.0 Å². The Balaban J connectivity index is 1.68. The van der Waals surface area contributed by atoms with Crippen molar-refractivity contribution in [3.8, 4) is 11.3 Å². The van der Waals surface area contributed by atoms with E-state index in [0.717, 1.165) is 5.56 Å². The number of hydrogen-bond donors (Lipinski definition) is 1. The molecule has 0 aliphatic rings. The molecule has 1 N–H and O–H groups in total. The number of amides is 1. The summed E-state index contributed by atoms with van der Waals surface area (Å²) in [5.74, 6) is -0.578. The van der Waals surface area contributed by atoms with Crippen LogP contribution >= 0.6 is 0 Å². The lowest BCUT2D eigenvalue weighted by Crippen LogP contribution is -2.12. The number of fused-ring (bicyclic) bond motifs is 1. The molecule has 28 heavy (non-hydrogen) atoms. The van der Waals surface area contributed by atoms with Crippen LogP contribution < -0.4 is 10.7 Å². The maximum atomic E-state index is 14.0. The molecule has 0 atom stereocenters. The van der Waals surface area contributed by atoms with E-state index >= 15 is 0 Å². The van der Waals surface area contributed by atoms with Crippen LogP contribution in [0.4, 0.5) is 10.1 Å². The summed E-state index contributed by atoms with van der Waals surface area (Å²) in [6, 6.07) is 19.3. The Hall–Kier alpha value is -3.73. The van der Waals surface area contributed by atoms with Crippen molar-refractivity contribution in [3.63, 3.8) is 0 Å². The molecule has 3 aromatic carbocycles. The van der Waals surface area contributed by atoms with Gasteiger partial charge < -0.3 is 9.73 Å². The fraction of sp³-hybridized carbons (Fsp3) is 0.0435. The quantitative estimate of drug-likeness (QED) is 0.540. The van der Waals surface area contributed by atoms with Gasteiger partial charge in [-0.25, -0.2) is 4.39 Å². The first-order valence-corrected chi connectivity index (χ1v) is 8.72. The zero-order valence-corrected chi connectivity index (χ0v) is 15.0. The van der Waals surface area contributed by atoms with Crippen molar-refractivity contribution in [1.82, 2.24) is 0 Å². The number of halogens is 1. The van der Waals surface area contributed by atoms with Gasteiger partial charge in [0.25, 0.3) is 5.91 Å². The normalized spacial score (nSPS) is 10.8. The molecule has 0 unspecified atom stereocenters. The molecular formula is C23H16FNO3. The van der Waals surface area contributed by atoms with Gasteiger partial charge in [-0.3, -0.25) is 9.59 Å². The molecule has 4 aromatic rings. The van der Waals surface area contributed by atoms with E-state index in [1.165, 1.54) is 12.1 Å². The Morgan fingerprint density at radius 2 is 1.71 bits per heavy atom. The van der Waals surface area contributed by atoms with Crippen molar-refractivity contribution < 1.29 is 13.6 Å². The van der Waals surface area contributed by atoms with Gasteiger partial charge in [0.2, 0.25) is 0 Å². The minimum Gasteiger partial charge on any atom is -0.456 e. The van der Waals surface area contributed by atoms with Crippen LogP contribution in [0.1, 0.15) is 15.9 Å². The predicted molar refractivity (Wildman–Crippen MR) is 107 cm³/mol. The molecule has 0 aliphatic carbocycles. The Kier molecular flexibility index (Phi) is 4.49. The fourth-order valence-electron chi connectivity index (χ4n) is 2.94. The Bertz CT molecular complexity index is 1240. The van der Waals surface area contributed by atoms with Crippen LogP contribution in [0.2, 0.25) is 0 Å². The molecule has 0 saturated carbocycles. The van der Waals surface area contributed by atoms with E-state index in [-0.39, 0.29) is 22.7 Å². The number of hydrogen-bond acceptors (Lipinski definition) is 3. The van der Waals surface area contributed by atoms with Gasteiger partial charge in [-0.15, -0.1) is 0 Å². The predicted octanol–water partition coefficient (Wildman–Crippen LogP) is 5.16. The Morgan fingerprint density at radius 1 is 0.964 bits per heavy atom. The first-order chi connectivity index (χ1) is 13.5. The number of rotatable bonds is 3. The van der Waals surface area contributed by atoms with Crippen LogP contribution in [0.15, 0.2) is 82.0 Å². The lowest BCUT2D eigenvalue weighted by atomic mass is 10.1. The van der Waals surface area contributed by atoms with Crippen LogP contribution in [0.5, 0.6) is 0 Å². The van der Waals surface area contributed by atoms with E-state index in [0.29, 0.717) is 22.2 Å². The number of anilines is 1. The minimum atomic E-state index is -0.466. The van der Waals surface area contributed by atoms with Crippen molar-refractivity contribution in [2.75, 3.05) is 5.32 Å². The highest BCUT2D eigenvalue weighted by Gasteiger charge is 2.12. The summed E-state index contributed by atoms with van der Waals surface area (Å²) in [5.41, 5.74) is 2.28. The van der Waals surface area contributed by atoms with E-state index in [2.05, 4.69) is 5.32 Å². The van der Waals surface area contributed by atoms with Gasteiger partial charge in [-0.1, -0.05) is 29.8 Å². The highest BCUT2D eigenvalue weighted by Crippen LogP contribution is 2.26. The molecule has 4 nitrogen and oxygen atoms in total. The van der Waals surface area contributed by atoms with Crippen molar-refractivity contribution in [1.29, 1.82) is 0 Å². The smallest absolute Gasteiger partial charge is 0.255 e. The largest absolute Gasteiger partial charge is 0.456 e. The standard InChI is InChI=1S/C23H16FNO3/c1-14-6-8-15(9-7-14)23(27)25-16-10-11-21-18(12-16)20(26)13-22(28-21)17-4-2-3-5-19(17)24/h2-13H,1H3,(H,25,27). The molecule has 0 fully saturated rings. The third-order valence-electron chi connectivity index (χ3n) is 4.44. The van der Waals surface area contributed by atoms with Gasteiger partial charge in [0.1, 0.15) is 17.2 Å². The molecule has 1 amide bonds. The van der Waals surface area contributed by atoms with Crippen LogP contribution in [0.25, 0.3) is 22.3 Å². The van der Waals surface area contributed by atoms with E-state index in [4.69, 9.17) is 4.42 Å². The van der Waals surface area contributed by atoms with Crippen LogP contribution in [-0.4, -0.2) is 5.91 Å². The summed E-state index contributed by atoms with van der Waals surface area (Å²) >= 11 is 0. The minimum absolute atomic E-state index is 0.159. The Labute approximate surface area is 160 Å². The lowest BCUT2D eigenvalue weighted by molar-refractivity contribution is 0.102. The summed E-state index contributed by atoms with van der Waals surface area (Å²) in [6.07, 6.45) is 0. The summed E-state index contributed by atoms with van der Waals surface area (Å²) in [4.78, 5) is 24.9. The van der Waals surface area contributed by atoms with Gasteiger partial charge in [-0.05, 0) is 49.4 Å².